The average Bonchev–Trinajstić information content (AvgIpc) is 2.67. The number of phenolic OH excluding ortho intramolecular Hbond substituents is 2. The Labute approximate surface area is 152 Å². The van der Waals surface area contributed by atoms with E-state index in [1.807, 2.05) is 12.1 Å². The van der Waals surface area contributed by atoms with Gasteiger partial charge in [-0.05, 0) is 42.3 Å². The summed E-state index contributed by atoms with van der Waals surface area (Å²) in [6.45, 7) is 2.08. The van der Waals surface area contributed by atoms with Gasteiger partial charge in [-0.15, -0.1) is 0 Å². The van der Waals surface area contributed by atoms with Gasteiger partial charge in [-0.2, -0.15) is 0 Å². The molecule has 2 aromatic carbocycles. The van der Waals surface area contributed by atoms with Crippen molar-refractivity contribution in [3.63, 3.8) is 0 Å². The Kier molecular flexibility index (Phi) is 5.22. The van der Waals surface area contributed by atoms with E-state index in [0.29, 0.717) is 17.3 Å². The minimum atomic E-state index is 0.0505. The van der Waals surface area contributed by atoms with Gasteiger partial charge in [0.25, 0.3) is 0 Å². The summed E-state index contributed by atoms with van der Waals surface area (Å²) in [4.78, 5) is 8.88. The number of benzene rings is 2. The Morgan fingerprint density at radius 2 is 1.85 bits per heavy atom. The number of nitrogens with one attached hydrogen (secondary N) is 1. The molecule has 0 saturated heterocycles. The average molecular weight is 351 g/mol. The fraction of sp³-hybridized carbons (Fsp3) is 0.200. The van der Waals surface area contributed by atoms with E-state index < -0.39 is 0 Å². The van der Waals surface area contributed by atoms with Gasteiger partial charge in [-0.25, -0.2) is 4.98 Å². The van der Waals surface area contributed by atoms with Crippen LogP contribution in [-0.2, 0) is 0 Å². The monoisotopic (exact) mass is 351 g/mol. The van der Waals surface area contributed by atoms with Crippen LogP contribution in [0.5, 0.6) is 17.2 Å². The number of methoxy groups -OCH3 is 1. The van der Waals surface area contributed by atoms with Gasteiger partial charge in [0, 0.05) is 5.56 Å². The van der Waals surface area contributed by atoms with Crippen LogP contribution in [0.2, 0.25) is 0 Å². The van der Waals surface area contributed by atoms with Crippen molar-refractivity contribution in [2.24, 2.45) is 0 Å². The van der Waals surface area contributed by atoms with E-state index in [4.69, 9.17) is 4.74 Å². The molecule has 134 valence electrons. The van der Waals surface area contributed by atoms with Crippen LogP contribution >= 0.6 is 0 Å². The molecular weight excluding hydrogens is 330 g/mol. The van der Waals surface area contributed by atoms with Gasteiger partial charge in [-0.1, -0.05) is 19.1 Å². The maximum Gasteiger partial charge on any atom is 0.161 e. The lowest BCUT2D eigenvalue weighted by atomic mass is 10.0. The van der Waals surface area contributed by atoms with Crippen molar-refractivity contribution < 1.29 is 14.9 Å². The normalized spacial score (nSPS) is 11.8. The molecule has 0 bridgehead atoms. The van der Waals surface area contributed by atoms with E-state index in [9.17, 15) is 10.2 Å². The summed E-state index contributed by atoms with van der Waals surface area (Å²) in [6, 6.07) is 12.2. The van der Waals surface area contributed by atoms with Crippen LogP contribution in [-0.4, -0.2) is 27.3 Å². The van der Waals surface area contributed by atoms with Crippen LogP contribution in [0.25, 0.3) is 11.3 Å². The Bertz CT molecular complexity index is 882. The molecule has 0 aliphatic carbocycles. The number of aromatic nitrogens is 2. The fourth-order valence-corrected chi connectivity index (χ4v) is 2.72. The van der Waals surface area contributed by atoms with Crippen LogP contribution in [0.1, 0.15) is 24.9 Å². The molecule has 0 fully saturated rings. The lowest BCUT2D eigenvalue weighted by molar-refractivity contribution is 0.373. The second kappa shape index (κ2) is 7.74. The van der Waals surface area contributed by atoms with Crippen molar-refractivity contribution in [3.05, 3.63) is 60.4 Å². The number of rotatable bonds is 6. The van der Waals surface area contributed by atoms with Gasteiger partial charge in [0.05, 0.1) is 31.2 Å². The zero-order valence-corrected chi connectivity index (χ0v) is 14.7. The van der Waals surface area contributed by atoms with Gasteiger partial charge in [0.15, 0.2) is 11.5 Å². The van der Waals surface area contributed by atoms with E-state index in [1.165, 1.54) is 7.11 Å². The maximum atomic E-state index is 9.74. The molecule has 0 saturated carbocycles. The molecule has 3 N–H and O–H groups in total. The first-order valence-electron chi connectivity index (χ1n) is 8.35. The second-order valence-electron chi connectivity index (χ2n) is 5.87. The SMILES string of the molecule is CCC(Nc1cncc(-c2ccc(O)c(OC)c2)n1)c1ccc(O)cc1. The summed E-state index contributed by atoms with van der Waals surface area (Å²) >= 11 is 0. The molecule has 1 aromatic heterocycles. The number of hydrogen-bond donors (Lipinski definition) is 3. The van der Waals surface area contributed by atoms with E-state index in [0.717, 1.165) is 17.5 Å². The molecule has 1 atom stereocenters. The Hall–Kier alpha value is -3.28. The lowest BCUT2D eigenvalue weighted by Gasteiger charge is -2.18. The summed E-state index contributed by atoms with van der Waals surface area (Å²) in [5.41, 5.74) is 2.53. The largest absolute Gasteiger partial charge is 0.508 e. The summed E-state index contributed by atoms with van der Waals surface area (Å²) in [5.74, 6) is 1.36. The molecular formula is C20H21N3O3. The fourth-order valence-electron chi connectivity index (χ4n) is 2.72. The van der Waals surface area contributed by atoms with Gasteiger partial charge in [-0.3, -0.25) is 4.98 Å². The molecule has 0 radical (unpaired) electrons. The Balaban J connectivity index is 1.85. The number of nitrogens with zero attached hydrogens (tertiary/aromatic N) is 2. The molecule has 0 spiro atoms. The van der Waals surface area contributed by atoms with Crippen LogP contribution < -0.4 is 10.1 Å². The highest BCUT2D eigenvalue weighted by Gasteiger charge is 2.12. The molecule has 3 rings (SSSR count). The van der Waals surface area contributed by atoms with Gasteiger partial charge in [0.1, 0.15) is 11.6 Å². The standard InChI is InChI=1S/C20H21N3O3/c1-3-16(13-4-7-15(24)8-5-13)22-20-12-21-11-17(23-20)14-6-9-18(25)19(10-14)26-2/h4-12,16,24-25H,3H2,1-2H3,(H,22,23). The van der Waals surface area contributed by atoms with Gasteiger partial charge in [0.2, 0.25) is 0 Å². The highest BCUT2D eigenvalue weighted by molar-refractivity contribution is 5.64. The summed E-state index contributed by atoms with van der Waals surface area (Å²) in [7, 11) is 1.51. The van der Waals surface area contributed by atoms with Crippen LogP contribution in [0.3, 0.4) is 0 Å². The topological polar surface area (TPSA) is 87.5 Å². The molecule has 1 heterocycles. The van der Waals surface area contributed by atoms with Crippen LogP contribution in [0.4, 0.5) is 5.82 Å². The summed E-state index contributed by atoms with van der Waals surface area (Å²) in [5, 5.41) is 22.6. The number of anilines is 1. The molecule has 6 heteroatoms. The third kappa shape index (κ3) is 3.85. The first kappa shape index (κ1) is 17.5. The molecule has 0 aliphatic heterocycles. The predicted molar refractivity (Wildman–Crippen MR) is 100 cm³/mol. The molecule has 26 heavy (non-hydrogen) atoms. The zero-order chi connectivity index (χ0) is 18.5. The van der Waals surface area contributed by atoms with E-state index >= 15 is 0 Å². The zero-order valence-electron chi connectivity index (χ0n) is 14.7. The van der Waals surface area contributed by atoms with Crippen molar-refractivity contribution in [2.45, 2.75) is 19.4 Å². The minimum Gasteiger partial charge on any atom is -0.508 e. The minimum absolute atomic E-state index is 0.0505. The van der Waals surface area contributed by atoms with E-state index in [2.05, 4.69) is 22.2 Å². The van der Waals surface area contributed by atoms with E-state index in [-0.39, 0.29) is 17.5 Å². The maximum absolute atomic E-state index is 9.74. The highest BCUT2D eigenvalue weighted by atomic mass is 16.5. The highest BCUT2D eigenvalue weighted by Crippen LogP contribution is 2.31. The molecule has 3 aromatic rings. The Morgan fingerprint density at radius 1 is 1.08 bits per heavy atom. The van der Waals surface area contributed by atoms with Crippen LogP contribution in [0.15, 0.2) is 54.9 Å². The van der Waals surface area contributed by atoms with Crippen molar-refractivity contribution in [1.29, 1.82) is 0 Å². The van der Waals surface area contributed by atoms with Gasteiger partial charge >= 0.3 is 0 Å². The second-order valence-corrected chi connectivity index (χ2v) is 5.87. The quantitative estimate of drug-likeness (QED) is 0.619. The number of ether oxygens (including phenoxy) is 1. The number of hydrogen-bond acceptors (Lipinski definition) is 6. The molecule has 0 amide bonds. The smallest absolute Gasteiger partial charge is 0.161 e. The number of aromatic hydroxyl groups is 2. The molecule has 0 aliphatic rings. The number of phenols is 2. The summed E-state index contributed by atoms with van der Waals surface area (Å²) in [6.07, 6.45) is 4.19. The van der Waals surface area contributed by atoms with Crippen molar-refractivity contribution >= 4 is 5.82 Å². The van der Waals surface area contributed by atoms with Crippen LogP contribution in [0, 0.1) is 0 Å². The van der Waals surface area contributed by atoms with Crippen molar-refractivity contribution in [3.8, 4) is 28.5 Å². The third-order valence-electron chi connectivity index (χ3n) is 4.14. The summed E-state index contributed by atoms with van der Waals surface area (Å²) < 4.78 is 5.15. The Morgan fingerprint density at radius 3 is 2.54 bits per heavy atom. The lowest BCUT2D eigenvalue weighted by Crippen LogP contribution is -2.11. The first-order chi connectivity index (χ1) is 12.6. The molecule has 6 nitrogen and oxygen atoms in total. The molecule has 1 unspecified atom stereocenters. The van der Waals surface area contributed by atoms with Gasteiger partial charge < -0.3 is 20.3 Å². The van der Waals surface area contributed by atoms with Crippen molar-refractivity contribution in [2.75, 3.05) is 12.4 Å². The van der Waals surface area contributed by atoms with Crippen molar-refractivity contribution in [1.82, 2.24) is 9.97 Å². The predicted octanol–water partition coefficient (Wildman–Crippen LogP) is 4.13. The third-order valence-corrected chi connectivity index (χ3v) is 4.14. The van der Waals surface area contributed by atoms with E-state index in [1.54, 1.807) is 42.7 Å². The first-order valence-corrected chi connectivity index (χ1v) is 8.35.